The maximum absolute atomic E-state index is 13.8. The van der Waals surface area contributed by atoms with Gasteiger partial charge in [-0.05, 0) is 32.5 Å². The van der Waals surface area contributed by atoms with Crippen LogP contribution in [0.5, 0.6) is 0 Å². The number of carboxylic acids is 1. The minimum absolute atomic E-state index is 0.166. The van der Waals surface area contributed by atoms with E-state index in [1.54, 1.807) is 6.20 Å². The fourth-order valence-corrected chi connectivity index (χ4v) is 3.02. The van der Waals surface area contributed by atoms with Gasteiger partial charge in [-0.15, -0.1) is 0 Å². The fourth-order valence-electron chi connectivity index (χ4n) is 3.02. The van der Waals surface area contributed by atoms with Crippen molar-refractivity contribution in [3.05, 3.63) is 18.0 Å². The third-order valence-corrected chi connectivity index (χ3v) is 4.22. The maximum atomic E-state index is 13.8. The highest BCUT2D eigenvalue weighted by molar-refractivity contribution is 5.66. The second-order valence-corrected chi connectivity index (χ2v) is 6.12. The number of nitrogens with zero attached hydrogens (tertiary/aromatic N) is 4. The number of likely N-dealkylation sites (tertiary alicyclic amines) is 1. The molecular formula is C15H25FN4O2. The average molecular weight is 312 g/mol. The number of halogens is 1. The Morgan fingerprint density at radius 2 is 2.36 bits per heavy atom. The molecule has 0 amide bonds. The number of rotatable bonds is 8. The monoisotopic (exact) mass is 312 g/mol. The Kier molecular flexibility index (Phi) is 5.90. The van der Waals surface area contributed by atoms with Crippen molar-refractivity contribution in [2.75, 3.05) is 26.7 Å². The zero-order valence-electron chi connectivity index (χ0n) is 13.3. The highest BCUT2D eigenvalue weighted by Gasteiger charge is 2.32. The molecule has 1 aliphatic heterocycles. The molecule has 1 saturated heterocycles. The molecular weight excluding hydrogens is 287 g/mol. The number of aromatic nitrogens is 2. The van der Waals surface area contributed by atoms with E-state index in [1.165, 1.54) is 0 Å². The molecule has 2 atom stereocenters. The molecule has 1 aromatic heterocycles. The van der Waals surface area contributed by atoms with Gasteiger partial charge in [-0.25, -0.2) is 4.39 Å². The van der Waals surface area contributed by atoms with E-state index in [4.69, 9.17) is 5.11 Å². The quantitative estimate of drug-likeness (QED) is 0.780. The van der Waals surface area contributed by atoms with E-state index >= 15 is 0 Å². The zero-order valence-corrected chi connectivity index (χ0v) is 13.3. The Balaban J connectivity index is 1.85. The Labute approximate surface area is 130 Å². The predicted molar refractivity (Wildman–Crippen MR) is 81.3 cm³/mol. The third-order valence-electron chi connectivity index (χ3n) is 4.22. The van der Waals surface area contributed by atoms with Crippen LogP contribution in [0.25, 0.3) is 0 Å². The number of aryl methyl sites for hydroxylation is 1. The lowest BCUT2D eigenvalue weighted by atomic mass is 10.2. The topological polar surface area (TPSA) is 61.6 Å². The van der Waals surface area contributed by atoms with Crippen LogP contribution < -0.4 is 0 Å². The van der Waals surface area contributed by atoms with Crippen molar-refractivity contribution < 1.29 is 14.3 Å². The Bertz CT molecular complexity index is 494. The van der Waals surface area contributed by atoms with E-state index in [-0.39, 0.29) is 12.5 Å². The first-order valence-corrected chi connectivity index (χ1v) is 7.71. The van der Waals surface area contributed by atoms with Gasteiger partial charge in [0.05, 0.1) is 5.69 Å². The molecule has 22 heavy (non-hydrogen) atoms. The van der Waals surface area contributed by atoms with Crippen LogP contribution >= 0.6 is 0 Å². The molecule has 1 N–H and O–H groups in total. The number of likely N-dealkylation sites (N-methyl/N-ethyl adjacent to an activating group) is 1. The Morgan fingerprint density at radius 3 is 3.00 bits per heavy atom. The number of hydrogen-bond acceptors (Lipinski definition) is 4. The molecule has 0 radical (unpaired) electrons. The number of carbonyl (C=O) groups is 1. The summed E-state index contributed by atoms with van der Waals surface area (Å²) in [6, 6.07) is 2.12. The van der Waals surface area contributed by atoms with Gasteiger partial charge in [0, 0.05) is 45.3 Å². The molecule has 0 saturated carbocycles. The molecule has 2 rings (SSSR count). The summed E-state index contributed by atoms with van der Waals surface area (Å²) >= 11 is 0. The summed E-state index contributed by atoms with van der Waals surface area (Å²) < 4.78 is 15.6. The standard InChI is InChI=1S/C15H25FN4O2/c1-18(7-3-4-15(21)22)10-14-8-12(16)9-20(14)11-13-5-6-17-19(13)2/h5-6,12,14H,3-4,7-11H2,1-2H3,(H,21,22)/t12-,14-/m0/s1. The molecule has 6 nitrogen and oxygen atoms in total. The second kappa shape index (κ2) is 7.69. The molecule has 1 aromatic rings. The molecule has 0 bridgehead atoms. The van der Waals surface area contributed by atoms with Crippen molar-refractivity contribution in [1.82, 2.24) is 19.6 Å². The fraction of sp³-hybridized carbons (Fsp3) is 0.733. The highest BCUT2D eigenvalue weighted by atomic mass is 19.1. The van der Waals surface area contributed by atoms with Crippen LogP contribution in [0.2, 0.25) is 0 Å². The molecule has 1 aliphatic rings. The van der Waals surface area contributed by atoms with Crippen LogP contribution in [0.3, 0.4) is 0 Å². The van der Waals surface area contributed by atoms with Gasteiger partial charge < -0.3 is 10.0 Å². The van der Waals surface area contributed by atoms with Crippen molar-refractivity contribution in [3.8, 4) is 0 Å². The summed E-state index contributed by atoms with van der Waals surface area (Å²) in [5, 5.41) is 12.8. The largest absolute Gasteiger partial charge is 0.481 e. The van der Waals surface area contributed by atoms with E-state index in [0.717, 1.165) is 18.8 Å². The SMILES string of the molecule is CN(CCCC(=O)O)C[C@@H]1C[C@H](F)CN1Cc1ccnn1C. The highest BCUT2D eigenvalue weighted by Crippen LogP contribution is 2.23. The lowest BCUT2D eigenvalue weighted by Gasteiger charge is -2.28. The number of aliphatic carboxylic acids is 1. The Morgan fingerprint density at radius 1 is 1.59 bits per heavy atom. The van der Waals surface area contributed by atoms with Crippen molar-refractivity contribution in [2.24, 2.45) is 7.05 Å². The Hall–Kier alpha value is -1.47. The van der Waals surface area contributed by atoms with Gasteiger partial charge in [0.1, 0.15) is 6.17 Å². The number of hydrogen-bond donors (Lipinski definition) is 1. The molecule has 0 aliphatic carbocycles. The number of carboxylic acid groups (broad SMARTS) is 1. The van der Waals surface area contributed by atoms with E-state index < -0.39 is 12.1 Å². The molecule has 7 heteroatoms. The smallest absolute Gasteiger partial charge is 0.303 e. The van der Waals surface area contributed by atoms with Crippen LogP contribution in [0.4, 0.5) is 4.39 Å². The van der Waals surface area contributed by atoms with E-state index in [2.05, 4.69) is 14.9 Å². The van der Waals surface area contributed by atoms with Gasteiger partial charge in [-0.1, -0.05) is 0 Å². The van der Waals surface area contributed by atoms with Gasteiger partial charge in [0.2, 0.25) is 0 Å². The lowest BCUT2D eigenvalue weighted by Crippen LogP contribution is -2.39. The summed E-state index contributed by atoms with van der Waals surface area (Å²) in [7, 11) is 3.86. The first-order chi connectivity index (χ1) is 10.5. The summed E-state index contributed by atoms with van der Waals surface area (Å²) in [5.74, 6) is -0.768. The van der Waals surface area contributed by atoms with E-state index in [1.807, 2.05) is 24.8 Å². The van der Waals surface area contributed by atoms with Crippen LogP contribution in [0.15, 0.2) is 12.3 Å². The summed E-state index contributed by atoms with van der Waals surface area (Å²) in [6.07, 6.45) is 2.32. The summed E-state index contributed by atoms with van der Waals surface area (Å²) in [6.45, 7) is 2.64. The molecule has 124 valence electrons. The van der Waals surface area contributed by atoms with E-state index in [9.17, 15) is 9.18 Å². The van der Waals surface area contributed by atoms with Crippen molar-refractivity contribution in [1.29, 1.82) is 0 Å². The van der Waals surface area contributed by atoms with Gasteiger partial charge in [0.25, 0.3) is 0 Å². The molecule has 0 spiro atoms. The maximum Gasteiger partial charge on any atom is 0.303 e. The van der Waals surface area contributed by atoms with Crippen molar-refractivity contribution in [3.63, 3.8) is 0 Å². The van der Waals surface area contributed by atoms with Crippen LogP contribution in [0.1, 0.15) is 25.0 Å². The normalized spacial score (nSPS) is 22.5. The first kappa shape index (κ1) is 16.9. The van der Waals surface area contributed by atoms with Crippen molar-refractivity contribution in [2.45, 2.75) is 38.0 Å². The van der Waals surface area contributed by atoms with Crippen LogP contribution in [-0.4, -0.2) is 69.6 Å². The van der Waals surface area contributed by atoms with Gasteiger partial charge in [0.15, 0.2) is 0 Å². The zero-order chi connectivity index (χ0) is 16.1. The number of alkyl halides is 1. The van der Waals surface area contributed by atoms with E-state index in [0.29, 0.717) is 25.9 Å². The molecule has 0 unspecified atom stereocenters. The summed E-state index contributed by atoms with van der Waals surface area (Å²) in [4.78, 5) is 14.8. The van der Waals surface area contributed by atoms with Crippen molar-refractivity contribution >= 4 is 5.97 Å². The van der Waals surface area contributed by atoms with Gasteiger partial charge in [-0.3, -0.25) is 14.4 Å². The minimum Gasteiger partial charge on any atom is -0.481 e. The summed E-state index contributed by atoms with van der Waals surface area (Å²) in [5.41, 5.74) is 1.08. The molecule has 2 heterocycles. The average Bonchev–Trinajstić information content (AvgIpc) is 2.97. The molecule has 1 fully saturated rings. The minimum atomic E-state index is -0.786. The first-order valence-electron chi connectivity index (χ1n) is 7.71. The second-order valence-electron chi connectivity index (χ2n) is 6.12. The molecule has 0 aromatic carbocycles. The van der Waals surface area contributed by atoms with Gasteiger partial charge >= 0.3 is 5.97 Å². The van der Waals surface area contributed by atoms with Crippen LogP contribution in [0, 0.1) is 0 Å². The lowest BCUT2D eigenvalue weighted by molar-refractivity contribution is -0.137. The van der Waals surface area contributed by atoms with Crippen LogP contribution in [-0.2, 0) is 18.4 Å². The third kappa shape index (κ3) is 4.78. The van der Waals surface area contributed by atoms with Gasteiger partial charge in [-0.2, -0.15) is 5.10 Å². The predicted octanol–water partition coefficient (Wildman–Crippen LogP) is 1.13.